The molecule has 1 aromatic rings. The highest BCUT2D eigenvalue weighted by Gasteiger charge is 2.33. The van der Waals surface area contributed by atoms with Crippen LogP contribution in [0.25, 0.3) is 5.70 Å². The molecule has 3 atom stereocenters. The van der Waals surface area contributed by atoms with Crippen LogP contribution in [0.3, 0.4) is 0 Å². The maximum Gasteiger partial charge on any atom is 0.230 e. The second-order valence-electron chi connectivity index (χ2n) is 10.0. The number of morpholine rings is 1. The lowest BCUT2D eigenvalue weighted by Crippen LogP contribution is -2.48. The van der Waals surface area contributed by atoms with Crippen LogP contribution in [0.5, 0.6) is 0 Å². The van der Waals surface area contributed by atoms with Crippen LogP contribution in [0.1, 0.15) is 32.8 Å². The van der Waals surface area contributed by atoms with E-state index in [1.807, 2.05) is 37.3 Å². The summed E-state index contributed by atoms with van der Waals surface area (Å²) in [5, 5.41) is 12.1. The van der Waals surface area contributed by atoms with Crippen molar-refractivity contribution in [2.24, 2.45) is 0 Å². The van der Waals surface area contributed by atoms with Gasteiger partial charge in [0.2, 0.25) is 11.8 Å². The second-order valence-corrected chi connectivity index (χ2v) is 14.2. The first-order valence-corrected chi connectivity index (χ1v) is 15.2. The highest BCUT2D eigenvalue weighted by Crippen LogP contribution is 2.43. The quantitative estimate of drug-likeness (QED) is 0.348. The fraction of sp³-hybridized carbons (Fsp3) is 0.481. The molecule has 38 heavy (non-hydrogen) atoms. The van der Waals surface area contributed by atoms with E-state index in [1.165, 1.54) is 12.5 Å². The summed E-state index contributed by atoms with van der Waals surface area (Å²) >= 11 is 16.0. The summed E-state index contributed by atoms with van der Waals surface area (Å²) in [7, 11) is 0. The Hall–Kier alpha value is -1.62. The molecule has 1 aliphatic carbocycles. The van der Waals surface area contributed by atoms with E-state index < -0.39 is 4.87 Å². The van der Waals surface area contributed by atoms with Crippen molar-refractivity contribution in [1.82, 2.24) is 15.5 Å². The summed E-state index contributed by atoms with van der Waals surface area (Å²) in [5.41, 5.74) is 3.95. The predicted octanol–water partition coefficient (Wildman–Crippen LogP) is 4.95. The molecule has 0 aromatic heterocycles. The van der Waals surface area contributed by atoms with Crippen molar-refractivity contribution in [3.05, 3.63) is 58.0 Å². The van der Waals surface area contributed by atoms with Crippen molar-refractivity contribution in [3.8, 4) is 0 Å². The number of alkyl halides is 1. The maximum absolute atomic E-state index is 12.6. The molecule has 11 heteroatoms. The molecule has 4 rings (SSSR count). The number of hydrogen-bond donors (Lipinski definition) is 3. The van der Waals surface area contributed by atoms with E-state index in [9.17, 15) is 9.59 Å². The Morgan fingerprint density at radius 2 is 2.13 bits per heavy atom. The molecule has 2 heterocycles. The lowest BCUT2D eigenvalue weighted by molar-refractivity contribution is -0.119. The third-order valence-corrected chi connectivity index (χ3v) is 10.0. The fourth-order valence-corrected chi connectivity index (χ4v) is 6.87. The van der Waals surface area contributed by atoms with Gasteiger partial charge in [0, 0.05) is 55.1 Å². The number of nitrogens with one attached hydrogen (secondary N) is 3. The first-order chi connectivity index (χ1) is 18.0. The Kier molecular flexibility index (Phi) is 9.82. The van der Waals surface area contributed by atoms with Crippen LogP contribution in [0.2, 0.25) is 0 Å². The molecule has 3 N–H and O–H groups in total. The minimum atomic E-state index is -0.543. The van der Waals surface area contributed by atoms with Crippen LogP contribution >= 0.6 is 46.7 Å². The molecule has 3 aliphatic rings. The number of benzene rings is 1. The van der Waals surface area contributed by atoms with Gasteiger partial charge >= 0.3 is 0 Å². The Morgan fingerprint density at radius 1 is 1.32 bits per heavy atom. The van der Waals surface area contributed by atoms with E-state index in [2.05, 4.69) is 39.3 Å². The smallest absolute Gasteiger partial charge is 0.230 e. The SMILES string of the molecule is CC(=O)Nc1cccc(C2=CSC(C)(SCC(=O)NC[C@H]3CN(CC4=CC=C(Cl)C(C)(Cl)C4)CCO3)N2)c1. The van der Waals surface area contributed by atoms with E-state index in [4.69, 9.17) is 27.9 Å². The minimum absolute atomic E-state index is 0.0203. The molecule has 0 bridgehead atoms. The Bertz CT molecular complexity index is 1160. The van der Waals surface area contributed by atoms with Crippen molar-refractivity contribution in [2.45, 2.75) is 42.4 Å². The zero-order chi connectivity index (χ0) is 27.3. The van der Waals surface area contributed by atoms with E-state index in [1.54, 1.807) is 23.5 Å². The number of amides is 2. The van der Waals surface area contributed by atoms with Crippen molar-refractivity contribution in [3.63, 3.8) is 0 Å². The lowest BCUT2D eigenvalue weighted by Gasteiger charge is -2.35. The van der Waals surface area contributed by atoms with Crippen molar-refractivity contribution >= 4 is 69.9 Å². The zero-order valence-electron chi connectivity index (χ0n) is 21.8. The maximum atomic E-state index is 12.6. The van der Waals surface area contributed by atoms with Crippen molar-refractivity contribution in [1.29, 1.82) is 0 Å². The third-order valence-electron chi connectivity index (χ3n) is 6.43. The fourth-order valence-electron chi connectivity index (χ4n) is 4.51. The molecule has 2 amide bonds. The van der Waals surface area contributed by atoms with E-state index in [-0.39, 0.29) is 22.1 Å². The number of halogens is 2. The highest BCUT2D eigenvalue weighted by atomic mass is 35.5. The van der Waals surface area contributed by atoms with Gasteiger partial charge < -0.3 is 20.7 Å². The lowest BCUT2D eigenvalue weighted by atomic mass is 9.94. The van der Waals surface area contributed by atoms with E-state index in [0.717, 1.165) is 43.0 Å². The molecule has 0 saturated carbocycles. The van der Waals surface area contributed by atoms with Crippen LogP contribution in [0.15, 0.2) is 52.4 Å². The monoisotopic (exact) mass is 596 g/mol. The molecule has 0 spiro atoms. The van der Waals surface area contributed by atoms with Crippen molar-refractivity contribution in [2.75, 3.05) is 43.9 Å². The summed E-state index contributed by atoms with van der Waals surface area (Å²) < 4.78 is 5.54. The van der Waals surface area contributed by atoms with Crippen LogP contribution < -0.4 is 16.0 Å². The number of hydrogen-bond acceptors (Lipinski definition) is 7. The number of nitrogens with zero attached hydrogens (tertiary/aromatic N) is 1. The number of ether oxygens (including phenoxy) is 1. The topological polar surface area (TPSA) is 82.7 Å². The molecular weight excluding hydrogens is 563 g/mol. The summed E-state index contributed by atoms with van der Waals surface area (Å²) in [6, 6.07) is 7.69. The van der Waals surface area contributed by atoms with E-state index >= 15 is 0 Å². The molecule has 1 aromatic carbocycles. The van der Waals surface area contributed by atoms with Crippen LogP contribution in [0, 0.1) is 0 Å². The third kappa shape index (κ3) is 8.19. The number of carbonyl (C=O) groups is 2. The van der Waals surface area contributed by atoms with Crippen LogP contribution in [-0.2, 0) is 14.3 Å². The van der Waals surface area contributed by atoms with Gasteiger partial charge in [0.15, 0.2) is 0 Å². The van der Waals surface area contributed by atoms with Crippen LogP contribution in [-0.4, -0.2) is 70.4 Å². The molecule has 206 valence electrons. The van der Waals surface area contributed by atoms with Gasteiger partial charge in [-0.3, -0.25) is 14.5 Å². The number of thioether (sulfide) groups is 2. The molecule has 1 fully saturated rings. The molecular formula is C27H34Cl2N4O3S2. The average Bonchev–Trinajstić information content (AvgIpc) is 3.26. The molecule has 0 radical (unpaired) electrons. The van der Waals surface area contributed by atoms with Crippen LogP contribution in [0.4, 0.5) is 5.69 Å². The van der Waals surface area contributed by atoms with Gasteiger partial charge in [0.1, 0.15) is 4.20 Å². The summed E-state index contributed by atoms with van der Waals surface area (Å²) in [4.78, 5) is 25.8. The van der Waals surface area contributed by atoms with Crippen molar-refractivity contribution < 1.29 is 14.3 Å². The Balaban J connectivity index is 1.19. The summed E-state index contributed by atoms with van der Waals surface area (Å²) in [6.45, 7) is 9.02. The van der Waals surface area contributed by atoms with Gasteiger partial charge in [-0.1, -0.05) is 47.1 Å². The summed E-state index contributed by atoms with van der Waals surface area (Å²) in [5.74, 6) is 0.202. The average molecular weight is 598 g/mol. The number of anilines is 1. The van der Waals surface area contributed by atoms with Gasteiger partial charge in [-0.2, -0.15) is 0 Å². The molecule has 2 aliphatic heterocycles. The number of rotatable bonds is 9. The first-order valence-electron chi connectivity index (χ1n) is 12.5. The Labute approximate surface area is 243 Å². The summed E-state index contributed by atoms with van der Waals surface area (Å²) in [6.07, 6.45) is 4.62. The number of carbonyl (C=O) groups excluding carboxylic acids is 2. The molecule has 1 saturated heterocycles. The van der Waals surface area contributed by atoms with Gasteiger partial charge in [-0.25, -0.2) is 0 Å². The highest BCUT2D eigenvalue weighted by molar-refractivity contribution is 8.20. The second kappa shape index (κ2) is 12.7. The largest absolute Gasteiger partial charge is 0.374 e. The predicted molar refractivity (Wildman–Crippen MR) is 160 cm³/mol. The van der Waals surface area contributed by atoms with Gasteiger partial charge in [0.05, 0.1) is 23.3 Å². The molecule has 7 nitrogen and oxygen atoms in total. The van der Waals surface area contributed by atoms with Gasteiger partial charge in [-0.15, -0.1) is 23.4 Å². The van der Waals surface area contributed by atoms with Gasteiger partial charge in [0.25, 0.3) is 0 Å². The molecule has 2 unspecified atom stereocenters. The standard InChI is InChI=1S/C27H34Cl2N4O3S2/c1-18(34)31-21-6-4-5-20(11-21)23-16-37-27(3,32-23)38-17-25(35)30-13-22-15-33(9-10-36-22)14-19-7-8-24(28)26(2,29)12-19/h4-8,11,16,22,32H,9-10,12-15,17H2,1-3H3,(H,30,35)(H,31,34)/t22-,26?,27?/m0/s1. The normalized spacial score (nSPS) is 27.6. The zero-order valence-corrected chi connectivity index (χ0v) is 25.0. The minimum Gasteiger partial charge on any atom is -0.374 e. The number of allylic oxidation sites excluding steroid dienone is 3. The first kappa shape index (κ1) is 29.4. The Morgan fingerprint density at radius 3 is 2.89 bits per heavy atom. The van der Waals surface area contributed by atoms with Gasteiger partial charge in [-0.05, 0) is 43.9 Å². The van der Waals surface area contributed by atoms with E-state index in [0.29, 0.717) is 23.9 Å².